The number of ether oxygens (including phenoxy) is 1. The van der Waals surface area contributed by atoms with Crippen LogP contribution in [-0.4, -0.2) is 40.3 Å². The quantitative estimate of drug-likeness (QED) is 0.857. The first kappa shape index (κ1) is 16.0. The molecule has 1 amide bonds. The molecule has 2 rings (SSSR count). The highest BCUT2D eigenvalue weighted by Crippen LogP contribution is 2.20. The number of likely N-dealkylation sites (N-methyl/N-ethyl adjacent to an activating group) is 1. The van der Waals surface area contributed by atoms with Crippen LogP contribution < -0.4 is 0 Å². The Labute approximate surface area is 127 Å². The van der Waals surface area contributed by atoms with Gasteiger partial charge >= 0.3 is 0 Å². The molecular weight excluding hydrogens is 266 g/mol. The highest BCUT2D eigenvalue weighted by molar-refractivity contribution is 5.80. The van der Waals surface area contributed by atoms with Crippen LogP contribution in [0, 0.1) is 13.8 Å². The molecule has 0 N–H and O–H groups in total. The van der Waals surface area contributed by atoms with E-state index in [-0.39, 0.29) is 12.0 Å². The third-order valence-electron chi connectivity index (χ3n) is 4.19. The Morgan fingerprint density at radius 2 is 2.14 bits per heavy atom. The molecule has 1 aromatic heterocycles. The Morgan fingerprint density at radius 1 is 1.43 bits per heavy atom. The summed E-state index contributed by atoms with van der Waals surface area (Å²) >= 11 is 0. The molecule has 1 aromatic rings. The average Bonchev–Trinajstić information content (AvgIpc) is 2.75. The fraction of sp³-hybridized carbons (Fsp3) is 0.750. The summed E-state index contributed by atoms with van der Waals surface area (Å²) < 4.78 is 7.62. The van der Waals surface area contributed by atoms with Crippen LogP contribution in [0.15, 0.2) is 0 Å². The molecule has 0 unspecified atom stereocenters. The lowest BCUT2D eigenvalue weighted by Crippen LogP contribution is -2.39. The maximum Gasteiger partial charge on any atom is 0.251 e. The van der Waals surface area contributed by atoms with Gasteiger partial charge in [0.25, 0.3) is 5.91 Å². The van der Waals surface area contributed by atoms with E-state index < -0.39 is 0 Å². The van der Waals surface area contributed by atoms with Gasteiger partial charge in [0.15, 0.2) is 0 Å². The zero-order valence-corrected chi connectivity index (χ0v) is 13.8. The number of hydrogen-bond acceptors (Lipinski definition) is 3. The van der Waals surface area contributed by atoms with Crippen molar-refractivity contribution >= 4 is 5.91 Å². The van der Waals surface area contributed by atoms with Crippen molar-refractivity contribution in [2.45, 2.75) is 65.6 Å². The summed E-state index contributed by atoms with van der Waals surface area (Å²) in [7, 11) is 1.85. The second-order valence-corrected chi connectivity index (χ2v) is 6.24. The zero-order chi connectivity index (χ0) is 15.6. The number of aryl methyl sites for hydroxylation is 1. The molecule has 21 heavy (non-hydrogen) atoms. The van der Waals surface area contributed by atoms with E-state index in [0.717, 1.165) is 36.2 Å². The van der Waals surface area contributed by atoms with Crippen molar-refractivity contribution in [1.29, 1.82) is 0 Å². The first-order chi connectivity index (χ1) is 9.91. The molecule has 0 spiro atoms. The predicted molar refractivity (Wildman–Crippen MR) is 82.2 cm³/mol. The van der Waals surface area contributed by atoms with Crippen LogP contribution in [0.5, 0.6) is 0 Å². The summed E-state index contributed by atoms with van der Waals surface area (Å²) in [6.45, 7) is 9.62. The minimum Gasteiger partial charge on any atom is -0.368 e. The van der Waals surface area contributed by atoms with Crippen molar-refractivity contribution < 1.29 is 9.53 Å². The molecule has 118 valence electrons. The molecule has 0 radical (unpaired) electrons. The summed E-state index contributed by atoms with van der Waals surface area (Å²) in [6.07, 6.45) is 2.72. The van der Waals surface area contributed by atoms with Gasteiger partial charge in [-0.15, -0.1) is 0 Å². The van der Waals surface area contributed by atoms with Crippen molar-refractivity contribution in [3.05, 3.63) is 17.0 Å². The van der Waals surface area contributed by atoms with Gasteiger partial charge in [-0.3, -0.25) is 9.48 Å². The van der Waals surface area contributed by atoms with E-state index in [9.17, 15) is 4.79 Å². The van der Waals surface area contributed by atoms with Gasteiger partial charge in [0.05, 0.1) is 5.69 Å². The van der Waals surface area contributed by atoms with E-state index in [0.29, 0.717) is 19.2 Å². The molecular formula is C16H27N3O2. The summed E-state index contributed by atoms with van der Waals surface area (Å²) in [5.41, 5.74) is 3.30. The molecule has 1 saturated heterocycles. The number of carbonyl (C=O) groups excluding carboxylic acids is 1. The van der Waals surface area contributed by atoms with Crippen LogP contribution in [0.4, 0.5) is 0 Å². The van der Waals surface area contributed by atoms with Crippen molar-refractivity contribution in [3.63, 3.8) is 0 Å². The smallest absolute Gasteiger partial charge is 0.251 e. The first-order valence-corrected chi connectivity index (χ1v) is 7.83. The van der Waals surface area contributed by atoms with Gasteiger partial charge in [0.2, 0.25) is 0 Å². The maximum absolute atomic E-state index is 12.4. The minimum atomic E-state index is -0.260. The minimum absolute atomic E-state index is 0.0887. The van der Waals surface area contributed by atoms with Crippen molar-refractivity contribution in [2.75, 3.05) is 13.7 Å². The SMILES string of the molecule is Cc1nn(C(C)C)c(C)c1CN(C)C(=O)[C@H]1CCCCO1. The standard InChI is InChI=1S/C16H27N3O2/c1-11(2)19-13(4)14(12(3)17-19)10-18(5)16(20)15-8-6-7-9-21-15/h11,15H,6-10H2,1-5H3/t15-/m1/s1. The topological polar surface area (TPSA) is 47.4 Å². The van der Waals surface area contributed by atoms with Crippen molar-refractivity contribution in [3.8, 4) is 0 Å². The van der Waals surface area contributed by atoms with E-state index in [1.54, 1.807) is 4.90 Å². The average molecular weight is 293 g/mol. The zero-order valence-electron chi connectivity index (χ0n) is 13.8. The molecule has 5 heteroatoms. The molecule has 1 atom stereocenters. The molecule has 1 aliphatic heterocycles. The summed E-state index contributed by atoms with van der Waals surface area (Å²) in [5.74, 6) is 0.0887. The normalized spacial score (nSPS) is 19.0. The second kappa shape index (κ2) is 6.60. The van der Waals surface area contributed by atoms with Crippen LogP contribution in [0.25, 0.3) is 0 Å². The third-order valence-corrected chi connectivity index (χ3v) is 4.19. The Kier molecular flexibility index (Phi) is 5.04. The highest BCUT2D eigenvalue weighted by atomic mass is 16.5. The van der Waals surface area contributed by atoms with Gasteiger partial charge in [0, 0.05) is 37.5 Å². The van der Waals surface area contributed by atoms with Crippen LogP contribution in [0.3, 0.4) is 0 Å². The molecule has 2 heterocycles. The molecule has 5 nitrogen and oxygen atoms in total. The molecule has 1 fully saturated rings. The Morgan fingerprint density at radius 3 is 2.67 bits per heavy atom. The summed E-state index contributed by atoms with van der Waals surface area (Å²) in [5, 5.41) is 4.58. The number of hydrogen-bond donors (Lipinski definition) is 0. The molecule has 1 aliphatic rings. The number of amides is 1. The lowest BCUT2D eigenvalue weighted by Gasteiger charge is -2.26. The maximum atomic E-state index is 12.4. The number of carbonyl (C=O) groups is 1. The Hall–Kier alpha value is -1.36. The van der Waals surface area contributed by atoms with Gasteiger partial charge in [-0.25, -0.2) is 0 Å². The van der Waals surface area contributed by atoms with E-state index in [1.807, 2.05) is 18.7 Å². The van der Waals surface area contributed by atoms with Crippen LogP contribution in [-0.2, 0) is 16.1 Å². The van der Waals surface area contributed by atoms with Gasteiger partial charge in [0.1, 0.15) is 6.10 Å². The largest absolute Gasteiger partial charge is 0.368 e. The lowest BCUT2D eigenvalue weighted by molar-refractivity contribution is -0.145. The van der Waals surface area contributed by atoms with Crippen LogP contribution in [0.2, 0.25) is 0 Å². The van der Waals surface area contributed by atoms with Gasteiger partial charge in [-0.05, 0) is 47.0 Å². The number of rotatable bonds is 4. The van der Waals surface area contributed by atoms with E-state index >= 15 is 0 Å². The third kappa shape index (κ3) is 3.46. The fourth-order valence-corrected chi connectivity index (χ4v) is 2.93. The van der Waals surface area contributed by atoms with Gasteiger partial charge in [-0.1, -0.05) is 0 Å². The van der Waals surface area contributed by atoms with Crippen LogP contribution >= 0.6 is 0 Å². The monoisotopic (exact) mass is 293 g/mol. The van der Waals surface area contributed by atoms with E-state index in [1.165, 1.54) is 0 Å². The van der Waals surface area contributed by atoms with Gasteiger partial charge < -0.3 is 9.64 Å². The van der Waals surface area contributed by atoms with Crippen molar-refractivity contribution in [2.24, 2.45) is 0 Å². The van der Waals surface area contributed by atoms with E-state index in [2.05, 4.69) is 25.9 Å². The second-order valence-electron chi connectivity index (χ2n) is 6.24. The molecule has 0 aliphatic carbocycles. The van der Waals surface area contributed by atoms with Crippen LogP contribution in [0.1, 0.15) is 56.1 Å². The molecule has 0 saturated carbocycles. The fourth-order valence-electron chi connectivity index (χ4n) is 2.93. The Balaban J connectivity index is 2.08. The number of aromatic nitrogens is 2. The van der Waals surface area contributed by atoms with E-state index in [4.69, 9.17) is 4.74 Å². The molecule has 0 aromatic carbocycles. The summed E-state index contributed by atoms with van der Waals surface area (Å²) in [6, 6.07) is 0.333. The number of nitrogens with zero attached hydrogens (tertiary/aromatic N) is 3. The highest BCUT2D eigenvalue weighted by Gasteiger charge is 2.26. The predicted octanol–water partition coefficient (Wildman–Crippen LogP) is 2.61. The van der Waals surface area contributed by atoms with Crippen molar-refractivity contribution in [1.82, 2.24) is 14.7 Å². The Bertz CT molecular complexity index is 502. The van der Waals surface area contributed by atoms with Gasteiger partial charge in [-0.2, -0.15) is 5.10 Å². The lowest BCUT2D eigenvalue weighted by atomic mass is 10.1. The first-order valence-electron chi connectivity index (χ1n) is 7.83. The summed E-state index contributed by atoms with van der Waals surface area (Å²) in [4.78, 5) is 14.2. The molecule has 0 bridgehead atoms.